The summed E-state index contributed by atoms with van der Waals surface area (Å²) in [4.78, 5) is 19.2. The molecule has 132 valence electrons. The summed E-state index contributed by atoms with van der Waals surface area (Å²) in [5.74, 6) is 0.928. The first kappa shape index (κ1) is 15.9. The van der Waals surface area contributed by atoms with Gasteiger partial charge in [0.15, 0.2) is 0 Å². The maximum absolute atomic E-state index is 12.5. The van der Waals surface area contributed by atoms with Gasteiger partial charge in [0.05, 0.1) is 5.69 Å². The van der Waals surface area contributed by atoms with Gasteiger partial charge in [-0.05, 0) is 25.2 Å². The lowest BCUT2D eigenvalue weighted by atomic mass is 10.2. The van der Waals surface area contributed by atoms with E-state index in [4.69, 9.17) is 4.52 Å². The summed E-state index contributed by atoms with van der Waals surface area (Å²) in [5, 5.41) is 7.18. The number of nitrogens with one attached hydrogen (secondary N) is 1. The number of hydrogen-bond donors (Lipinski definition) is 1. The summed E-state index contributed by atoms with van der Waals surface area (Å²) in [6, 6.07) is 2.32. The van der Waals surface area contributed by atoms with Crippen LogP contribution < -0.4 is 5.32 Å². The van der Waals surface area contributed by atoms with Crippen LogP contribution in [0.2, 0.25) is 0 Å². The monoisotopic (exact) mass is 333 g/mol. The van der Waals surface area contributed by atoms with Gasteiger partial charge >= 0.3 is 6.03 Å². The molecule has 4 rings (SSSR count). The molecule has 1 N–H and O–H groups in total. The van der Waals surface area contributed by atoms with E-state index in [1.165, 1.54) is 19.4 Å². The van der Waals surface area contributed by atoms with Gasteiger partial charge < -0.3 is 19.6 Å². The molecule has 0 aromatic carbocycles. The number of hydrogen-bond acceptors (Lipinski definition) is 5. The highest BCUT2D eigenvalue weighted by atomic mass is 16.5. The molecule has 3 heterocycles. The zero-order valence-corrected chi connectivity index (χ0v) is 14.2. The van der Waals surface area contributed by atoms with Crippen LogP contribution in [-0.2, 0) is 6.54 Å². The first-order chi connectivity index (χ1) is 11.8. The van der Waals surface area contributed by atoms with Crippen molar-refractivity contribution in [3.8, 4) is 0 Å². The predicted molar refractivity (Wildman–Crippen MR) is 89.5 cm³/mol. The molecule has 0 spiro atoms. The molecule has 1 aromatic heterocycles. The first-order valence-electron chi connectivity index (χ1n) is 9.15. The lowest BCUT2D eigenvalue weighted by molar-refractivity contribution is 0.131. The summed E-state index contributed by atoms with van der Waals surface area (Å²) in [6.45, 7) is 7.51. The molecule has 7 heteroatoms. The van der Waals surface area contributed by atoms with Crippen molar-refractivity contribution >= 4 is 6.03 Å². The van der Waals surface area contributed by atoms with Crippen molar-refractivity contribution in [2.24, 2.45) is 5.92 Å². The molecule has 2 amide bonds. The Morgan fingerprint density at radius 2 is 2.00 bits per heavy atom. The zero-order chi connectivity index (χ0) is 16.4. The normalized spacial score (nSPS) is 26.0. The fraction of sp³-hybridized carbons (Fsp3) is 0.765. The second kappa shape index (κ2) is 7.11. The highest BCUT2D eigenvalue weighted by Crippen LogP contribution is 2.30. The summed E-state index contributed by atoms with van der Waals surface area (Å²) >= 11 is 0. The number of rotatable bonds is 5. The van der Waals surface area contributed by atoms with Crippen LogP contribution in [0.3, 0.4) is 0 Å². The highest BCUT2D eigenvalue weighted by Gasteiger charge is 2.31. The van der Waals surface area contributed by atoms with Crippen molar-refractivity contribution < 1.29 is 9.32 Å². The number of amides is 2. The number of likely N-dealkylation sites (tertiary alicyclic amines) is 1. The highest BCUT2D eigenvalue weighted by molar-refractivity contribution is 5.74. The maximum Gasteiger partial charge on any atom is 0.317 e. The largest absolute Gasteiger partial charge is 0.364 e. The zero-order valence-electron chi connectivity index (χ0n) is 14.2. The van der Waals surface area contributed by atoms with E-state index >= 15 is 0 Å². The Morgan fingerprint density at radius 1 is 1.17 bits per heavy atom. The van der Waals surface area contributed by atoms with Crippen LogP contribution in [0.4, 0.5) is 4.79 Å². The quantitative estimate of drug-likeness (QED) is 0.870. The van der Waals surface area contributed by atoms with Crippen LogP contribution in [0.1, 0.15) is 25.0 Å². The topological polar surface area (TPSA) is 64.9 Å². The third-order valence-electron chi connectivity index (χ3n) is 5.35. The Labute approximate surface area is 142 Å². The van der Waals surface area contributed by atoms with E-state index in [-0.39, 0.29) is 6.03 Å². The van der Waals surface area contributed by atoms with Gasteiger partial charge in [-0.1, -0.05) is 5.16 Å². The average Bonchev–Trinajstić information content (AvgIpc) is 3.06. The van der Waals surface area contributed by atoms with Crippen LogP contribution in [0, 0.1) is 5.92 Å². The lowest BCUT2D eigenvalue weighted by Gasteiger charge is -2.34. The number of urea groups is 1. The van der Waals surface area contributed by atoms with Crippen LogP contribution in [0.15, 0.2) is 16.9 Å². The Balaban J connectivity index is 1.17. The Bertz CT molecular complexity index is 537. The maximum atomic E-state index is 12.5. The van der Waals surface area contributed by atoms with Crippen molar-refractivity contribution in [2.75, 3.05) is 45.8 Å². The van der Waals surface area contributed by atoms with Crippen LogP contribution in [-0.4, -0.2) is 77.7 Å². The lowest BCUT2D eigenvalue weighted by Crippen LogP contribution is -2.53. The number of carbonyl (C=O) groups excluding carboxylic acids is 1. The standard InChI is InChI=1S/C17H27N5O2/c23-17(18-15-3-5-21(12-15)11-14-1-2-14)22-8-6-20(7-9-22)13-16-4-10-24-19-16/h4,10,14-15H,1-3,5-9,11-13H2,(H,18,23)/t15-/m0/s1. The molecule has 0 bridgehead atoms. The summed E-state index contributed by atoms with van der Waals surface area (Å²) in [6.07, 6.45) is 5.48. The van der Waals surface area contributed by atoms with E-state index in [0.29, 0.717) is 6.04 Å². The van der Waals surface area contributed by atoms with Crippen LogP contribution in [0.5, 0.6) is 0 Å². The van der Waals surface area contributed by atoms with E-state index in [1.54, 1.807) is 6.26 Å². The molecule has 0 unspecified atom stereocenters. The smallest absolute Gasteiger partial charge is 0.317 e. The average molecular weight is 333 g/mol. The minimum absolute atomic E-state index is 0.106. The number of nitrogens with zero attached hydrogens (tertiary/aromatic N) is 4. The van der Waals surface area contributed by atoms with E-state index in [2.05, 4.69) is 20.3 Å². The van der Waals surface area contributed by atoms with Crippen molar-refractivity contribution in [2.45, 2.75) is 31.8 Å². The number of piperazine rings is 1. The molecule has 1 atom stereocenters. The fourth-order valence-corrected chi connectivity index (χ4v) is 3.71. The molecule has 2 aliphatic heterocycles. The van der Waals surface area contributed by atoms with Crippen molar-refractivity contribution in [3.63, 3.8) is 0 Å². The van der Waals surface area contributed by atoms with Gasteiger partial charge in [-0.15, -0.1) is 0 Å². The predicted octanol–water partition coefficient (Wildman–Crippen LogP) is 0.986. The van der Waals surface area contributed by atoms with Gasteiger partial charge in [-0.25, -0.2) is 4.79 Å². The minimum Gasteiger partial charge on any atom is -0.364 e. The van der Waals surface area contributed by atoms with Crippen molar-refractivity contribution in [1.82, 2.24) is 25.2 Å². The summed E-state index contributed by atoms with van der Waals surface area (Å²) in [7, 11) is 0. The van der Waals surface area contributed by atoms with Gasteiger partial charge in [-0.2, -0.15) is 0 Å². The minimum atomic E-state index is 0.106. The first-order valence-corrected chi connectivity index (χ1v) is 9.15. The third kappa shape index (κ3) is 4.08. The van der Waals surface area contributed by atoms with Gasteiger partial charge in [0.25, 0.3) is 0 Å². The Hall–Kier alpha value is -1.60. The molecule has 2 saturated heterocycles. The van der Waals surface area contributed by atoms with Crippen LogP contribution in [0.25, 0.3) is 0 Å². The van der Waals surface area contributed by atoms with Gasteiger partial charge in [0, 0.05) is 64.5 Å². The Kier molecular flexibility index (Phi) is 4.71. The van der Waals surface area contributed by atoms with Gasteiger partial charge in [-0.3, -0.25) is 4.90 Å². The second-order valence-electron chi connectivity index (χ2n) is 7.39. The molecule has 3 aliphatic rings. The van der Waals surface area contributed by atoms with Crippen molar-refractivity contribution in [1.29, 1.82) is 0 Å². The van der Waals surface area contributed by atoms with Gasteiger partial charge in [0.1, 0.15) is 6.26 Å². The summed E-state index contributed by atoms with van der Waals surface area (Å²) < 4.78 is 4.87. The van der Waals surface area contributed by atoms with Crippen molar-refractivity contribution in [3.05, 3.63) is 18.0 Å². The molecule has 24 heavy (non-hydrogen) atoms. The molecule has 0 radical (unpaired) electrons. The van der Waals surface area contributed by atoms with E-state index in [9.17, 15) is 4.79 Å². The van der Waals surface area contributed by atoms with E-state index in [0.717, 1.165) is 63.8 Å². The van der Waals surface area contributed by atoms with E-state index < -0.39 is 0 Å². The number of aromatic nitrogens is 1. The second-order valence-corrected chi connectivity index (χ2v) is 7.39. The molecular formula is C17H27N5O2. The van der Waals surface area contributed by atoms with Crippen LogP contribution >= 0.6 is 0 Å². The van der Waals surface area contributed by atoms with E-state index in [1.807, 2.05) is 11.0 Å². The molecule has 3 fully saturated rings. The molecule has 1 saturated carbocycles. The summed E-state index contributed by atoms with van der Waals surface area (Å²) in [5.41, 5.74) is 0.953. The molecule has 1 aromatic rings. The fourth-order valence-electron chi connectivity index (χ4n) is 3.71. The molecule has 1 aliphatic carbocycles. The molecular weight excluding hydrogens is 306 g/mol. The van der Waals surface area contributed by atoms with Gasteiger partial charge in [0.2, 0.25) is 0 Å². The Morgan fingerprint density at radius 3 is 2.71 bits per heavy atom. The SMILES string of the molecule is O=C(N[C@H]1CCN(CC2CC2)C1)N1CCN(Cc2ccon2)CC1. The molecule has 7 nitrogen and oxygen atoms in total. The number of carbonyl (C=O) groups is 1. The third-order valence-corrected chi connectivity index (χ3v) is 5.35.